The van der Waals surface area contributed by atoms with Crippen molar-refractivity contribution in [3.05, 3.63) is 0 Å². The number of fused-ring (bicyclic) bond motifs is 2. The minimum absolute atomic E-state index is 0.00951. The molecule has 0 radical (unpaired) electrons. The predicted octanol–water partition coefficient (Wildman–Crippen LogP) is 2.13. The monoisotopic (exact) mass is 168 g/mol. The fourth-order valence-corrected chi connectivity index (χ4v) is 2.60. The molecule has 2 aliphatic rings. The lowest BCUT2D eigenvalue weighted by Gasteiger charge is -2.29. The molecular weight excluding hydrogens is 152 g/mol. The van der Waals surface area contributed by atoms with Crippen molar-refractivity contribution in [3.8, 4) is 0 Å². The van der Waals surface area contributed by atoms with E-state index in [-0.39, 0.29) is 17.5 Å². The normalized spacial score (nSPS) is 39.0. The van der Waals surface area contributed by atoms with Crippen molar-refractivity contribution < 1.29 is 9.53 Å². The second-order valence-electron chi connectivity index (χ2n) is 4.61. The molecular formula is C10H16O2. The third-order valence-corrected chi connectivity index (χ3v) is 3.63. The summed E-state index contributed by atoms with van der Waals surface area (Å²) in [6, 6.07) is 0. The lowest BCUT2D eigenvalue weighted by atomic mass is 9.79. The molecule has 2 nitrogen and oxygen atoms in total. The number of carbonyl (C=O) groups excluding carboxylic acids is 1. The third kappa shape index (κ3) is 1.05. The highest BCUT2D eigenvalue weighted by Gasteiger charge is 2.46. The van der Waals surface area contributed by atoms with Gasteiger partial charge in [0.05, 0.1) is 0 Å². The fraction of sp³-hybridized carbons (Fsp3) is 0.900. The summed E-state index contributed by atoms with van der Waals surface area (Å²) >= 11 is 0. The number of hydrogen-bond acceptors (Lipinski definition) is 2. The Morgan fingerprint density at radius 2 is 2.08 bits per heavy atom. The molecule has 0 N–H and O–H groups in total. The molecule has 2 atom stereocenters. The minimum Gasteiger partial charge on any atom is -0.462 e. The molecule has 0 aromatic rings. The van der Waals surface area contributed by atoms with Crippen LogP contribution in [0.15, 0.2) is 0 Å². The zero-order chi connectivity index (χ0) is 8.77. The molecule has 1 aliphatic heterocycles. The molecule has 1 saturated carbocycles. The maximum atomic E-state index is 11.1. The first kappa shape index (κ1) is 8.09. The van der Waals surface area contributed by atoms with E-state index in [4.69, 9.17) is 4.74 Å². The fourth-order valence-electron chi connectivity index (χ4n) is 2.60. The van der Waals surface area contributed by atoms with E-state index in [9.17, 15) is 4.79 Å². The zero-order valence-corrected chi connectivity index (χ0v) is 7.80. The van der Waals surface area contributed by atoms with Crippen molar-refractivity contribution >= 4 is 5.97 Å². The summed E-state index contributed by atoms with van der Waals surface area (Å²) in [4.78, 5) is 11.1. The number of esters is 1. The number of carbonyl (C=O) groups is 1. The Hall–Kier alpha value is -0.530. The molecule has 0 spiro atoms. The predicted molar refractivity (Wildman–Crippen MR) is 45.6 cm³/mol. The largest absolute Gasteiger partial charge is 0.462 e. The van der Waals surface area contributed by atoms with Crippen molar-refractivity contribution in [2.75, 3.05) is 0 Å². The maximum absolute atomic E-state index is 11.1. The Morgan fingerprint density at radius 3 is 2.83 bits per heavy atom. The number of ether oxygens (including phenoxy) is 1. The summed E-state index contributed by atoms with van der Waals surface area (Å²) in [5.41, 5.74) is 0.228. The molecule has 2 heteroatoms. The van der Waals surface area contributed by atoms with Crippen molar-refractivity contribution in [2.45, 2.75) is 45.6 Å². The molecule has 68 valence electrons. The first-order valence-corrected chi connectivity index (χ1v) is 4.80. The van der Waals surface area contributed by atoms with E-state index in [1.165, 1.54) is 6.42 Å². The van der Waals surface area contributed by atoms with Crippen LogP contribution in [0.3, 0.4) is 0 Å². The molecule has 0 unspecified atom stereocenters. The lowest BCUT2D eigenvalue weighted by molar-refractivity contribution is -0.151. The van der Waals surface area contributed by atoms with Gasteiger partial charge in [-0.05, 0) is 25.2 Å². The molecule has 2 fully saturated rings. The van der Waals surface area contributed by atoms with E-state index in [0.29, 0.717) is 12.3 Å². The summed E-state index contributed by atoms with van der Waals surface area (Å²) in [5, 5.41) is 0. The van der Waals surface area contributed by atoms with Crippen LogP contribution in [0.1, 0.15) is 39.5 Å². The van der Waals surface area contributed by atoms with Gasteiger partial charge >= 0.3 is 5.97 Å². The van der Waals surface area contributed by atoms with Gasteiger partial charge in [0.1, 0.15) is 6.10 Å². The molecule has 0 amide bonds. The number of rotatable bonds is 0. The van der Waals surface area contributed by atoms with Gasteiger partial charge < -0.3 is 4.74 Å². The molecule has 12 heavy (non-hydrogen) atoms. The van der Waals surface area contributed by atoms with E-state index in [1.54, 1.807) is 0 Å². The first-order valence-electron chi connectivity index (χ1n) is 4.80. The second kappa shape index (κ2) is 2.48. The summed E-state index contributed by atoms with van der Waals surface area (Å²) in [6.07, 6.45) is 4.17. The van der Waals surface area contributed by atoms with Crippen LogP contribution in [0.4, 0.5) is 0 Å². The van der Waals surface area contributed by atoms with E-state index in [2.05, 4.69) is 13.8 Å². The second-order valence-corrected chi connectivity index (χ2v) is 4.61. The van der Waals surface area contributed by atoms with Gasteiger partial charge in [0, 0.05) is 11.8 Å². The average Bonchev–Trinajstić information content (AvgIpc) is 2.15. The number of hydrogen-bond donors (Lipinski definition) is 0. The summed E-state index contributed by atoms with van der Waals surface area (Å²) < 4.78 is 5.38. The molecule has 2 bridgehead atoms. The van der Waals surface area contributed by atoms with Gasteiger partial charge in [-0.2, -0.15) is 0 Å². The smallest absolute Gasteiger partial charge is 0.306 e. The van der Waals surface area contributed by atoms with Crippen LogP contribution in [0.2, 0.25) is 0 Å². The van der Waals surface area contributed by atoms with Crippen LogP contribution in [0, 0.1) is 11.3 Å². The highest BCUT2D eigenvalue weighted by atomic mass is 16.5. The molecule has 2 rings (SSSR count). The highest BCUT2D eigenvalue weighted by Crippen LogP contribution is 2.48. The first-order chi connectivity index (χ1) is 5.60. The Balaban J connectivity index is 2.23. The van der Waals surface area contributed by atoms with Crippen LogP contribution >= 0.6 is 0 Å². The van der Waals surface area contributed by atoms with Crippen molar-refractivity contribution in [1.29, 1.82) is 0 Å². The van der Waals surface area contributed by atoms with E-state index >= 15 is 0 Å². The van der Waals surface area contributed by atoms with Crippen LogP contribution in [0.5, 0.6) is 0 Å². The third-order valence-electron chi connectivity index (χ3n) is 3.63. The summed E-state index contributed by atoms with van der Waals surface area (Å²) in [6.45, 7) is 4.46. The minimum atomic E-state index is 0.00951. The Bertz CT molecular complexity index is 208. The summed E-state index contributed by atoms with van der Waals surface area (Å²) in [7, 11) is 0. The van der Waals surface area contributed by atoms with Crippen LogP contribution in [0.25, 0.3) is 0 Å². The van der Waals surface area contributed by atoms with Crippen molar-refractivity contribution in [2.24, 2.45) is 11.3 Å². The maximum Gasteiger partial charge on any atom is 0.306 e. The van der Waals surface area contributed by atoms with Crippen LogP contribution in [-0.4, -0.2) is 12.1 Å². The van der Waals surface area contributed by atoms with Crippen LogP contribution in [-0.2, 0) is 9.53 Å². The average molecular weight is 168 g/mol. The van der Waals surface area contributed by atoms with Crippen molar-refractivity contribution in [1.82, 2.24) is 0 Å². The van der Waals surface area contributed by atoms with Gasteiger partial charge in [-0.25, -0.2) is 0 Å². The topological polar surface area (TPSA) is 26.3 Å². The van der Waals surface area contributed by atoms with Gasteiger partial charge in [-0.15, -0.1) is 0 Å². The molecule has 1 heterocycles. The quantitative estimate of drug-likeness (QED) is 0.518. The van der Waals surface area contributed by atoms with E-state index < -0.39 is 0 Å². The Morgan fingerprint density at radius 1 is 1.33 bits per heavy atom. The van der Waals surface area contributed by atoms with Gasteiger partial charge in [-0.3, -0.25) is 4.79 Å². The molecule has 1 saturated heterocycles. The molecule has 0 aromatic heterocycles. The standard InChI is InChI=1S/C10H16O2/c1-10(2)7-3-5-8(10)12-9(11)6-4-7/h7-8H,3-6H2,1-2H3/t7-,8+/m0/s1. The Labute approximate surface area is 73.3 Å². The van der Waals surface area contributed by atoms with Crippen LogP contribution < -0.4 is 0 Å². The zero-order valence-electron chi connectivity index (χ0n) is 7.80. The molecule has 0 aromatic carbocycles. The van der Waals surface area contributed by atoms with Gasteiger partial charge in [0.15, 0.2) is 0 Å². The molecule has 1 aliphatic carbocycles. The van der Waals surface area contributed by atoms with Gasteiger partial charge in [0.2, 0.25) is 0 Å². The highest BCUT2D eigenvalue weighted by molar-refractivity contribution is 5.70. The SMILES string of the molecule is CC1(C)[C@@H]2CCC(=O)O[C@@H]1CC2. The van der Waals surface area contributed by atoms with E-state index in [1.807, 2.05) is 0 Å². The van der Waals surface area contributed by atoms with Gasteiger partial charge in [-0.1, -0.05) is 13.8 Å². The Kier molecular flexibility index (Phi) is 1.67. The summed E-state index contributed by atoms with van der Waals surface area (Å²) in [5.74, 6) is 0.712. The lowest BCUT2D eigenvalue weighted by Crippen LogP contribution is -2.29. The van der Waals surface area contributed by atoms with E-state index in [0.717, 1.165) is 12.8 Å². The van der Waals surface area contributed by atoms with Crippen molar-refractivity contribution in [3.63, 3.8) is 0 Å². The van der Waals surface area contributed by atoms with Gasteiger partial charge in [0.25, 0.3) is 0 Å².